The van der Waals surface area contributed by atoms with Crippen LogP contribution in [-0.4, -0.2) is 262 Å². The van der Waals surface area contributed by atoms with E-state index in [-0.39, 0.29) is 76.3 Å². The molecule has 530 valence electrons. The van der Waals surface area contributed by atoms with Gasteiger partial charge in [0.25, 0.3) is 0 Å². The molecule has 6 rings (SSSR count). The second-order valence-corrected chi connectivity index (χ2v) is 28.5. The third-order valence-corrected chi connectivity index (χ3v) is 21.8. The lowest BCUT2D eigenvalue weighted by molar-refractivity contribution is -0.182. The number of nitrogens with one attached hydrogen (secondary N) is 3. The monoisotopic (exact) mass is 1350 g/mol. The van der Waals surface area contributed by atoms with Crippen LogP contribution in [0.25, 0.3) is 0 Å². The van der Waals surface area contributed by atoms with Crippen molar-refractivity contribution in [2.45, 2.75) is 236 Å². The van der Waals surface area contributed by atoms with Crippen molar-refractivity contribution in [2.24, 2.45) is 29.6 Å². The highest BCUT2D eigenvalue weighted by molar-refractivity contribution is 6.20. The van der Waals surface area contributed by atoms with Crippen molar-refractivity contribution in [3.05, 3.63) is 0 Å². The van der Waals surface area contributed by atoms with E-state index in [1.807, 2.05) is 6.92 Å². The highest BCUT2D eigenvalue weighted by Crippen LogP contribution is 2.44. The molecule has 4 aliphatic heterocycles. The number of halogens is 4. The van der Waals surface area contributed by atoms with E-state index in [0.717, 1.165) is 53.2 Å². The lowest BCUT2D eigenvalue weighted by Gasteiger charge is -2.39. The van der Waals surface area contributed by atoms with Crippen LogP contribution in [0.15, 0.2) is 0 Å². The first-order valence-corrected chi connectivity index (χ1v) is 34.7. The molecule has 0 bridgehead atoms. The third kappa shape index (κ3) is 18.8. The van der Waals surface area contributed by atoms with Crippen LogP contribution in [0.4, 0.5) is 13.2 Å². The summed E-state index contributed by atoms with van der Waals surface area (Å²) in [5.74, 6) is -10.8. The van der Waals surface area contributed by atoms with Gasteiger partial charge < -0.3 is 60.0 Å². The number of nitrogens with zero attached hydrogens (tertiary/aromatic N) is 9. The van der Waals surface area contributed by atoms with Crippen molar-refractivity contribution in [3.63, 3.8) is 0 Å². The molecule has 2 aliphatic carbocycles. The van der Waals surface area contributed by atoms with E-state index in [9.17, 15) is 61.1 Å². The first kappa shape index (κ1) is 76.7. The Morgan fingerprint density at radius 2 is 1.17 bits per heavy atom. The predicted molar refractivity (Wildman–Crippen MR) is 344 cm³/mol. The Morgan fingerprint density at radius 1 is 0.574 bits per heavy atom. The van der Waals surface area contributed by atoms with Gasteiger partial charge in [0, 0.05) is 73.8 Å². The van der Waals surface area contributed by atoms with E-state index in [1.54, 1.807) is 25.7 Å². The highest BCUT2D eigenvalue weighted by atomic mass is 35.5. The van der Waals surface area contributed by atoms with Crippen molar-refractivity contribution in [3.8, 4) is 0 Å². The van der Waals surface area contributed by atoms with Gasteiger partial charge in [-0.25, -0.2) is 0 Å². The number of piperidine rings is 1. The minimum Gasteiger partial charge on any atom is -0.345 e. The summed E-state index contributed by atoms with van der Waals surface area (Å²) in [5.41, 5.74) is 0. The summed E-state index contributed by atoms with van der Waals surface area (Å²) in [6.45, 7) is 9.74. The zero-order chi connectivity index (χ0) is 69.8. The molecule has 0 aromatic rings. The van der Waals surface area contributed by atoms with Crippen molar-refractivity contribution in [1.82, 2.24) is 60.0 Å². The molecule has 12 amide bonds. The minimum atomic E-state index is -4.51. The van der Waals surface area contributed by atoms with Crippen molar-refractivity contribution in [1.29, 1.82) is 0 Å². The number of hydrogen-bond acceptors (Lipinski definition) is 12. The van der Waals surface area contributed by atoms with E-state index in [2.05, 4.69) is 16.0 Å². The zero-order valence-corrected chi connectivity index (χ0v) is 58.2. The fourth-order valence-corrected chi connectivity index (χ4v) is 15.1. The van der Waals surface area contributed by atoms with Crippen LogP contribution in [-0.2, 0) is 57.5 Å². The molecule has 13 atom stereocenters. The fourth-order valence-electron chi connectivity index (χ4n) is 14.6. The van der Waals surface area contributed by atoms with E-state index in [0.29, 0.717) is 45.2 Å². The molecule has 2 saturated carbocycles. The van der Waals surface area contributed by atoms with Crippen LogP contribution < -0.4 is 16.0 Å². The van der Waals surface area contributed by atoms with E-state index < -0.39 is 174 Å². The Kier molecular flexibility index (Phi) is 27.8. The van der Waals surface area contributed by atoms with E-state index in [4.69, 9.17) is 11.6 Å². The van der Waals surface area contributed by atoms with Crippen LogP contribution in [0.2, 0.25) is 0 Å². The Hall–Kier alpha value is -6.28. The van der Waals surface area contributed by atoms with E-state index >= 15 is 9.59 Å². The molecule has 0 radical (unpaired) electrons. The Bertz CT molecular complexity index is 2730. The van der Waals surface area contributed by atoms with Gasteiger partial charge in [0.2, 0.25) is 70.9 Å². The average molecular weight is 1350 g/mol. The quantitative estimate of drug-likeness (QED) is 0.275. The van der Waals surface area contributed by atoms with E-state index in [1.165, 1.54) is 80.6 Å². The Morgan fingerprint density at radius 3 is 1.78 bits per heavy atom. The number of likely N-dealkylation sites (tertiary alicyclic amines) is 1. The van der Waals surface area contributed by atoms with Crippen LogP contribution in [0.5, 0.6) is 0 Å². The molecule has 3 unspecified atom stereocenters. The molecular formula is C66H106ClF3N12O12. The van der Waals surface area contributed by atoms with Gasteiger partial charge >= 0.3 is 6.18 Å². The predicted octanol–water partition coefficient (Wildman–Crippen LogP) is 4.14. The summed E-state index contributed by atoms with van der Waals surface area (Å²) in [5, 5.41) is 7.07. The lowest BCUT2D eigenvalue weighted by atomic mass is 9.78. The third-order valence-electron chi connectivity index (χ3n) is 21.3. The summed E-state index contributed by atoms with van der Waals surface area (Å²) in [6, 6.07) is -10.9. The molecule has 6 fully saturated rings. The van der Waals surface area contributed by atoms with Crippen molar-refractivity contribution < 1.29 is 70.7 Å². The maximum absolute atomic E-state index is 15.1. The number of carbonyl (C=O) groups excluding carboxylic acids is 12. The first-order valence-electron chi connectivity index (χ1n) is 34.3. The molecule has 4 saturated heterocycles. The van der Waals surface area contributed by atoms with Gasteiger partial charge in [0.15, 0.2) is 0 Å². The second kappa shape index (κ2) is 34.1. The lowest BCUT2D eigenvalue weighted by Crippen LogP contribution is -2.60. The maximum Gasteiger partial charge on any atom is 0.393 e. The largest absolute Gasteiger partial charge is 0.393 e. The number of amides is 12. The standard InChI is InChI=1S/C66H106ClF3N12O12/c1-13-40(4)55-64(93)74(7)38-54(85)81-32-21-25-49(81)61(90)77(10)50(35-43-22-16-14-17-23-43)62(91)76(9)42(6)57(86)72-47(29-27-44-26-28-45(46(67)34-44)66(68,69)70)60(89)82-33-20-24-48(82)59(88)71-37-53(84)79(12)56(39(2)3)65(94)78(11)51(63(92)80-30-18-15-19-31-80)36-52(83)75(8)41(5)58(87)73-55/h39-51,55-56H,13-38H2,1-12H3,(H,71,88)(H,72,86)(H,73,87)/t40-,41-,42+,44?,45?,46?,47-,48-,49-,50-,51-,55-,56-/m0/s1. The molecule has 0 aromatic carbocycles. The van der Waals surface area contributed by atoms with Gasteiger partial charge in [-0.3, -0.25) is 57.5 Å². The first-order chi connectivity index (χ1) is 44.2. The van der Waals surface area contributed by atoms with Gasteiger partial charge in [-0.05, 0) is 121 Å². The van der Waals surface area contributed by atoms with Crippen molar-refractivity contribution in [2.75, 3.05) is 81.6 Å². The molecule has 3 N–H and O–H groups in total. The highest BCUT2D eigenvalue weighted by Gasteiger charge is 2.49. The Labute approximate surface area is 558 Å². The second-order valence-electron chi connectivity index (χ2n) is 28.0. The summed E-state index contributed by atoms with van der Waals surface area (Å²) < 4.78 is 41.8. The van der Waals surface area contributed by atoms with Crippen LogP contribution in [0.1, 0.15) is 170 Å². The fraction of sp³-hybridized carbons (Fsp3) is 0.818. The normalized spacial score (nSPS) is 31.0. The van der Waals surface area contributed by atoms with Gasteiger partial charge in [-0.1, -0.05) is 66.2 Å². The molecule has 0 aromatic heterocycles. The molecule has 94 heavy (non-hydrogen) atoms. The Balaban J connectivity index is 1.36. The molecule has 28 heteroatoms. The van der Waals surface area contributed by atoms with Crippen LogP contribution in [0, 0.1) is 29.6 Å². The topological polar surface area (TPSA) is 270 Å². The number of rotatable bonds is 9. The van der Waals surface area contributed by atoms with Gasteiger partial charge in [-0.15, -0.1) is 11.6 Å². The molecule has 6 aliphatic rings. The van der Waals surface area contributed by atoms with Crippen LogP contribution >= 0.6 is 11.6 Å². The number of fused-ring (bicyclic) bond motifs is 2. The summed E-state index contributed by atoms with van der Waals surface area (Å²) in [7, 11) is 8.44. The molecule has 24 nitrogen and oxygen atoms in total. The minimum absolute atomic E-state index is 0.00324. The van der Waals surface area contributed by atoms with Gasteiger partial charge in [0.1, 0.15) is 54.4 Å². The SMILES string of the molecule is CC[C@H](C)[C@@H]1NC(=O)[C@H](C)N(C)C(=O)C[C@@H](C(=O)N2CCCCC2)N(C)C(=O)[C@H](C(C)C)N(C)C(=O)CNC(=O)[C@@H]2CCCN2C(=O)[C@H](CCC2CCC(C(F)(F)F)C(Cl)C2)NC(=O)[C@@H](C)N(C)C(=O)[C@H](CC2CCCCC2)N(C)C(=O)[C@@H]2CCCN2C(=O)CN(C)C1=O. The van der Waals surface area contributed by atoms with Crippen LogP contribution in [0.3, 0.4) is 0 Å². The maximum atomic E-state index is 15.1. The van der Waals surface area contributed by atoms with Gasteiger partial charge in [0.05, 0.1) is 25.4 Å². The summed E-state index contributed by atoms with van der Waals surface area (Å²) in [4.78, 5) is 187. The average Bonchev–Trinajstić information content (AvgIpc) is 1.26. The smallest absolute Gasteiger partial charge is 0.345 e. The number of carbonyl (C=O) groups is 12. The number of alkyl halides is 4. The number of likely N-dealkylation sites (N-methyl/N-ethyl adjacent to an activating group) is 6. The van der Waals surface area contributed by atoms with Crippen molar-refractivity contribution >= 4 is 82.5 Å². The summed E-state index contributed by atoms with van der Waals surface area (Å²) >= 11 is 6.36. The number of hydrogen-bond donors (Lipinski definition) is 3. The zero-order valence-electron chi connectivity index (χ0n) is 57.5. The molecule has 0 spiro atoms. The molecular weight excluding hydrogens is 1250 g/mol. The summed E-state index contributed by atoms with van der Waals surface area (Å²) in [6.07, 6.45) is 3.44. The molecule has 4 heterocycles. The van der Waals surface area contributed by atoms with Gasteiger partial charge in [-0.2, -0.15) is 13.2 Å².